The summed E-state index contributed by atoms with van der Waals surface area (Å²) in [5, 5.41) is 23.4. The first-order chi connectivity index (χ1) is 34.0. The molecule has 0 aromatic heterocycles. The van der Waals surface area contributed by atoms with E-state index in [2.05, 4.69) is 55.6 Å². The second kappa shape index (κ2) is 58.6. The predicted molar refractivity (Wildman–Crippen MR) is 301 cm³/mol. The lowest BCUT2D eigenvalue weighted by Gasteiger charge is -2.22. The molecule has 0 rings (SSSR count). The molecule has 2 unspecified atom stereocenters. The van der Waals surface area contributed by atoms with Gasteiger partial charge in [0.15, 0.2) is 0 Å². The molecule has 0 spiro atoms. The van der Waals surface area contributed by atoms with Gasteiger partial charge in [-0.05, 0) is 77.0 Å². The predicted octanol–water partition coefficient (Wildman–Crippen LogP) is 19.2. The van der Waals surface area contributed by atoms with E-state index >= 15 is 0 Å². The Kier molecular flexibility index (Phi) is 57.0. The van der Waals surface area contributed by atoms with Gasteiger partial charge in [0, 0.05) is 12.8 Å². The smallest absolute Gasteiger partial charge is 0.305 e. The Labute approximate surface area is 430 Å². The second-order valence-corrected chi connectivity index (χ2v) is 21.0. The van der Waals surface area contributed by atoms with Gasteiger partial charge in [-0.2, -0.15) is 0 Å². The largest absolute Gasteiger partial charge is 0.466 e. The third-order valence-corrected chi connectivity index (χ3v) is 14.2. The van der Waals surface area contributed by atoms with E-state index in [1.165, 1.54) is 225 Å². The molecule has 0 radical (unpaired) electrons. The fourth-order valence-electron chi connectivity index (χ4n) is 9.42. The van der Waals surface area contributed by atoms with E-state index in [0.29, 0.717) is 25.9 Å². The van der Waals surface area contributed by atoms with Gasteiger partial charge in [-0.3, -0.25) is 9.59 Å². The van der Waals surface area contributed by atoms with Crippen LogP contribution in [0.15, 0.2) is 36.5 Å². The molecule has 0 heterocycles. The number of allylic oxidation sites excluding steroid dienone is 6. The van der Waals surface area contributed by atoms with Gasteiger partial charge in [-0.1, -0.05) is 275 Å². The van der Waals surface area contributed by atoms with Gasteiger partial charge in [-0.15, -0.1) is 0 Å². The number of amides is 1. The van der Waals surface area contributed by atoms with Crippen molar-refractivity contribution in [1.82, 2.24) is 5.32 Å². The molecule has 0 fully saturated rings. The van der Waals surface area contributed by atoms with Crippen molar-refractivity contribution in [2.45, 2.75) is 341 Å². The normalized spacial score (nSPS) is 12.8. The molecule has 6 nitrogen and oxygen atoms in total. The molecular weight excluding hydrogens is 851 g/mol. The first-order valence-electron chi connectivity index (χ1n) is 30.7. The number of esters is 1. The lowest BCUT2D eigenvalue weighted by atomic mass is 10.0. The maximum Gasteiger partial charge on any atom is 0.305 e. The molecule has 1 amide bonds. The molecule has 3 N–H and O–H groups in total. The monoisotopic (exact) mass is 970 g/mol. The van der Waals surface area contributed by atoms with Gasteiger partial charge in [-0.25, -0.2) is 0 Å². The van der Waals surface area contributed by atoms with Crippen LogP contribution < -0.4 is 5.32 Å². The zero-order valence-corrected chi connectivity index (χ0v) is 46.3. The van der Waals surface area contributed by atoms with Crippen molar-refractivity contribution in [3.63, 3.8) is 0 Å². The highest BCUT2D eigenvalue weighted by Gasteiger charge is 2.20. The van der Waals surface area contributed by atoms with Crippen LogP contribution in [-0.2, 0) is 14.3 Å². The van der Waals surface area contributed by atoms with Gasteiger partial charge in [0.05, 0.1) is 25.4 Å². The van der Waals surface area contributed by atoms with E-state index in [1.807, 2.05) is 0 Å². The van der Waals surface area contributed by atoms with Gasteiger partial charge < -0.3 is 20.3 Å². The Morgan fingerprint density at radius 3 is 1.16 bits per heavy atom. The summed E-state index contributed by atoms with van der Waals surface area (Å²) in [5.74, 6) is -0.0670. The van der Waals surface area contributed by atoms with Crippen LogP contribution in [-0.4, -0.2) is 47.4 Å². The fourth-order valence-corrected chi connectivity index (χ4v) is 9.42. The van der Waals surface area contributed by atoms with Crippen LogP contribution >= 0.6 is 0 Å². The van der Waals surface area contributed by atoms with Gasteiger partial charge >= 0.3 is 5.97 Å². The number of aliphatic hydroxyl groups is 2. The van der Waals surface area contributed by atoms with Crippen molar-refractivity contribution in [1.29, 1.82) is 0 Å². The Bertz CT molecular complexity index is 1120. The summed E-state index contributed by atoms with van der Waals surface area (Å²) in [5.41, 5.74) is 0. The van der Waals surface area contributed by atoms with Gasteiger partial charge in [0.25, 0.3) is 0 Å². The number of carbonyl (C=O) groups is 2. The number of carbonyl (C=O) groups excluding carboxylic acids is 2. The Morgan fingerprint density at radius 1 is 0.406 bits per heavy atom. The molecule has 0 saturated heterocycles. The Hall–Kier alpha value is -1.92. The minimum Gasteiger partial charge on any atom is -0.466 e. The van der Waals surface area contributed by atoms with Gasteiger partial charge in [0.2, 0.25) is 5.91 Å². The maximum absolute atomic E-state index is 12.5. The number of rotatable bonds is 57. The average Bonchev–Trinajstić information content (AvgIpc) is 3.35. The topological polar surface area (TPSA) is 95.9 Å². The number of nitrogens with one attached hydrogen (secondary N) is 1. The summed E-state index contributed by atoms with van der Waals surface area (Å²) in [7, 11) is 0. The lowest BCUT2D eigenvalue weighted by molar-refractivity contribution is -0.143. The summed E-state index contributed by atoms with van der Waals surface area (Å²) in [6.45, 7) is 4.90. The molecule has 0 aliphatic heterocycles. The average molecular weight is 971 g/mol. The summed E-state index contributed by atoms with van der Waals surface area (Å²) in [4.78, 5) is 24.5. The highest BCUT2D eigenvalue weighted by molar-refractivity contribution is 5.76. The molecular formula is C63H119NO5. The minimum absolute atomic E-state index is 0.0171. The molecule has 0 aliphatic carbocycles. The molecule has 0 aromatic carbocycles. The van der Waals surface area contributed by atoms with Crippen molar-refractivity contribution < 1.29 is 24.5 Å². The lowest BCUT2D eigenvalue weighted by Crippen LogP contribution is -2.45. The van der Waals surface area contributed by atoms with E-state index in [4.69, 9.17) is 4.74 Å². The summed E-state index contributed by atoms with van der Waals surface area (Å²) < 4.78 is 5.46. The molecule has 69 heavy (non-hydrogen) atoms. The number of unbranched alkanes of at least 4 members (excludes halogenated alkanes) is 40. The van der Waals surface area contributed by atoms with Crippen molar-refractivity contribution in [2.75, 3.05) is 13.2 Å². The second-order valence-electron chi connectivity index (χ2n) is 21.0. The minimum atomic E-state index is -0.677. The van der Waals surface area contributed by atoms with E-state index in [0.717, 1.165) is 70.6 Å². The van der Waals surface area contributed by atoms with Crippen LogP contribution in [0, 0.1) is 0 Å². The highest BCUT2D eigenvalue weighted by atomic mass is 16.5. The zero-order valence-electron chi connectivity index (χ0n) is 46.3. The SMILES string of the molecule is CCCC/C=C\C/C=C\CCCCCCCC(=O)OCCCCCCCCC/C=C\CCCCCCCC(=O)NC(CO)C(O)CCCCCCCCCCCCCCCCCCCCCCCC. The summed E-state index contributed by atoms with van der Waals surface area (Å²) in [6, 6.07) is -0.556. The highest BCUT2D eigenvalue weighted by Crippen LogP contribution is 2.17. The number of ether oxygens (including phenoxy) is 1. The van der Waals surface area contributed by atoms with E-state index in [-0.39, 0.29) is 18.5 Å². The fraction of sp³-hybridized carbons (Fsp3) is 0.873. The summed E-state index contributed by atoms with van der Waals surface area (Å²) in [6.07, 6.45) is 72.9. The molecule has 0 saturated carbocycles. The quantitative estimate of drug-likeness (QED) is 0.0321. The zero-order chi connectivity index (χ0) is 50.0. The molecule has 0 aliphatic rings. The third-order valence-electron chi connectivity index (χ3n) is 14.2. The number of hydrogen-bond acceptors (Lipinski definition) is 5. The van der Waals surface area contributed by atoms with Crippen LogP contribution in [0.25, 0.3) is 0 Å². The molecule has 6 heteroatoms. The number of hydrogen-bond donors (Lipinski definition) is 3. The Morgan fingerprint density at radius 2 is 0.739 bits per heavy atom. The van der Waals surface area contributed by atoms with Crippen LogP contribution in [0.2, 0.25) is 0 Å². The first-order valence-corrected chi connectivity index (χ1v) is 30.7. The van der Waals surface area contributed by atoms with E-state index in [1.54, 1.807) is 0 Å². The molecule has 406 valence electrons. The van der Waals surface area contributed by atoms with Crippen molar-refractivity contribution in [3.8, 4) is 0 Å². The van der Waals surface area contributed by atoms with Crippen LogP contribution in [0.5, 0.6) is 0 Å². The van der Waals surface area contributed by atoms with E-state index < -0.39 is 12.1 Å². The maximum atomic E-state index is 12.5. The molecule has 0 bridgehead atoms. The summed E-state index contributed by atoms with van der Waals surface area (Å²) >= 11 is 0. The van der Waals surface area contributed by atoms with Crippen LogP contribution in [0.1, 0.15) is 328 Å². The van der Waals surface area contributed by atoms with Crippen LogP contribution in [0.4, 0.5) is 0 Å². The van der Waals surface area contributed by atoms with Crippen molar-refractivity contribution in [2.24, 2.45) is 0 Å². The van der Waals surface area contributed by atoms with E-state index in [9.17, 15) is 19.8 Å². The van der Waals surface area contributed by atoms with Crippen molar-refractivity contribution in [3.05, 3.63) is 36.5 Å². The van der Waals surface area contributed by atoms with Crippen molar-refractivity contribution >= 4 is 11.9 Å². The van der Waals surface area contributed by atoms with Gasteiger partial charge in [0.1, 0.15) is 0 Å². The molecule has 0 aromatic rings. The third kappa shape index (κ3) is 55.2. The standard InChI is InChI=1S/C63H119NO5/c1-3-5-7-9-11-13-15-17-19-20-21-22-23-24-25-28-31-35-39-43-47-51-55-61(66)60(59-65)64-62(67)56-52-48-44-40-36-32-29-26-27-30-34-38-42-46-50-54-58-69-63(68)57-53-49-45-41-37-33-18-16-14-12-10-8-6-4-2/h10,12,16,18,26,29,60-61,65-66H,3-9,11,13-15,17,19-25,27-28,30-59H2,1-2H3,(H,64,67)/b12-10-,18-16-,29-26-. The number of aliphatic hydroxyl groups excluding tert-OH is 2. The Balaban J connectivity index is 3.47. The molecule has 2 atom stereocenters. The van der Waals surface area contributed by atoms with Crippen LogP contribution in [0.3, 0.4) is 0 Å². The first kappa shape index (κ1) is 67.1.